The number of rotatable bonds is 8. The molecule has 9 nitrogen and oxygen atoms in total. The second-order valence-electron chi connectivity index (χ2n) is 9.95. The monoisotopic (exact) mass is 564 g/mol. The van der Waals surface area contributed by atoms with Gasteiger partial charge in [-0.1, -0.05) is 30.3 Å². The first-order valence-electron chi connectivity index (χ1n) is 13.8. The SMILES string of the molecule is CCOC(=O)c1oc(-c2ccc(C#N)cc2)cc1Cc1cc(N2CCN(C(=O)OCc3ccccc3)CC2)ccc1N. The van der Waals surface area contributed by atoms with Crippen LogP contribution in [-0.2, 0) is 22.5 Å². The third kappa shape index (κ3) is 6.56. The van der Waals surface area contributed by atoms with Crippen LogP contribution >= 0.6 is 0 Å². The van der Waals surface area contributed by atoms with Crippen molar-refractivity contribution in [2.75, 3.05) is 43.4 Å². The molecule has 1 amide bonds. The Hall–Kier alpha value is -5.23. The topological polar surface area (TPSA) is 122 Å². The van der Waals surface area contributed by atoms with Gasteiger partial charge in [0.25, 0.3) is 0 Å². The third-order valence-corrected chi connectivity index (χ3v) is 7.18. The van der Waals surface area contributed by atoms with E-state index in [9.17, 15) is 9.59 Å². The molecule has 42 heavy (non-hydrogen) atoms. The molecule has 0 saturated carbocycles. The number of piperazine rings is 1. The van der Waals surface area contributed by atoms with Gasteiger partial charge in [-0.15, -0.1) is 0 Å². The fraction of sp³-hybridized carbons (Fsp3) is 0.242. The van der Waals surface area contributed by atoms with Crippen molar-refractivity contribution >= 4 is 23.4 Å². The van der Waals surface area contributed by atoms with E-state index < -0.39 is 5.97 Å². The van der Waals surface area contributed by atoms with Gasteiger partial charge in [0.05, 0.1) is 18.2 Å². The highest BCUT2D eigenvalue weighted by Gasteiger charge is 2.24. The second-order valence-corrected chi connectivity index (χ2v) is 9.95. The van der Waals surface area contributed by atoms with Gasteiger partial charge < -0.3 is 29.4 Å². The van der Waals surface area contributed by atoms with Crippen LogP contribution in [-0.4, -0.2) is 49.7 Å². The largest absolute Gasteiger partial charge is 0.460 e. The van der Waals surface area contributed by atoms with Gasteiger partial charge in [0, 0.05) is 55.1 Å². The Bertz CT molecular complexity index is 1580. The zero-order valence-corrected chi connectivity index (χ0v) is 23.4. The molecular formula is C33H32N4O5. The van der Waals surface area contributed by atoms with E-state index in [1.54, 1.807) is 36.1 Å². The van der Waals surface area contributed by atoms with Crippen LogP contribution < -0.4 is 10.6 Å². The molecule has 9 heteroatoms. The Morgan fingerprint density at radius 3 is 2.36 bits per heavy atom. The van der Waals surface area contributed by atoms with E-state index in [0.29, 0.717) is 55.2 Å². The zero-order valence-electron chi connectivity index (χ0n) is 23.4. The molecule has 0 bridgehead atoms. The normalized spacial score (nSPS) is 13.0. The number of amides is 1. The summed E-state index contributed by atoms with van der Waals surface area (Å²) in [6, 6.07) is 26.3. The molecule has 2 N–H and O–H groups in total. The molecule has 5 rings (SSSR count). The molecular weight excluding hydrogens is 532 g/mol. The number of esters is 1. The molecule has 1 saturated heterocycles. The maximum Gasteiger partial charge on any atom is 0.410 e. The lowest BCUT2D eigenvalue weighted by Crippen LogP contribution is -2.49. The van der Waals surface area contributed by atoms with Crippen molar-refractivity contribution in [3.63, 3.8) is 0 Å². The van der Waals surface area contributed by atoms with E-state index in [0.717, 1.165) is 22.4 Å². The van der Waals surface area contributed by atoms with Crippen LogP contribution in [0.4, 0.5) is 16.2 Å². The summed E-state index contributed by atoms with van der Waals surface area (Å²) in [5, 5.41) is 9.11. The Kier molecular flexibility index (Phi) is 8.73. The molecule has 1 fully saturated rings. The van der Waals surface area contributed by atoms with E-state index in [-0.39, 0.29) is 25.1 Å². The highest BCUT2D eigenvalue weighted by atomic mass is 16.6. The van der Waals surface area contributed by atoms with E-state index in [4.69, 9.17) is 24.9 Å². The Morgan fingerprint density at radius 1 is 0.929 bits per heavy atom. The highest BCUT2D eigenvalue weighted by molar-refractivity contribution is 5.89. The minimum atomic E-state index is -0.544. The average molecular weight is 565 g/mol. The summed E-state index contributed by atoms with van der Waals surface area (Å²) in [4.78, 5) is 29.3. The van der Waals surface area contributed by atoms with Gasteiger partial charge in [-0.2, -0.15) is 5.26 Å². The number of benzene rings is 3. The van der Waals surface area contributed by atoms with Crippen molar-refractivity contribution in [2.45, 2.75) is 20.0 Å². The predicted octanol–water partition coefficient (Wildman–Crippen LogP) is 5.63. The van der Waals surface area contributed by atoms with Gasteiger partial charge >= 0.3 is 12.1 Å². The summed E-state index contributed by atoms with van der Waals surface area (Å²) in [5.41, 5.74) is 11.7. The van der Waals surface area contributed by atoms with E-state index >= 15 is 0 Å². The van der Waals surface area contributed by atoms with Gasteiger partial charge in [0.2, 0.25) is 5.76 Å². The van der Waals surface area contributed by atoms with Gasteiger partial charge in [-0.3, -0.25) is 0 Å². The number of nitrogen functional groups attached to an aromatic ring is 1. The van der Waals surface area contributed by atoms with Crippen LogP contribution in [0.25, 0.3) is 11.3 Å². The Balaban J connectivity index is 1.29. The van der Waals surface area contributed by atoms with Gasteiger partial charge in [0.15, 0.2) is 0 Å². The molecule has 1 aliphatic rings. The third-order valence-electron chi connectivity index (χ3n) is 7.18. The van der Waals surface area contributed by atoms with Crippen LogP contribution in [0.15, 0.2) is 83.3 Å². The molecule has 4 aromatic rings. The van der Waals surface area contributed by atoms with Crippen molar-refractivity contribution in [1.29, 1.82) is 5.26 Å². The molecule has 0 spiro atoms. The number of nitrogens with two attached hydrogens (primary N) is 1. The number of hydrogen-bond acceptors (Lipinski definition) is 8. The molecule has 0 aliphatic carbocycles. The van der Waals surface area contributed by atoms with E-state index in [2.05, 4.69) is 11.0 Å². The summed E-state index contributed by atoms with van der Waals surface area (Å²) in [6.45, 7) is 4.57. The first-order valence-corrected chi connectivity index (χ1v) is 13.8. The number of nitrogens with zero attached hydrogens (tertiary/aromatic N) is 3. The van der Waals surface area contributed by atoms with E-state index in [1.165, 1.54) is 0 Å². The lowest BCUT2D eigenvalue weighted by atomic mass is 10.0. The molecule has 0 atom stereocenters. The summed E-state index contributed by atoms with van der Waals surface area (Å²) in [5.74, 6) is 0.0866. The standard InChI is InChI=1S/C33H32N4O5/c1-2-40-32(38)31-27(20-30(42-31)25-10-8-23(21-34)9-11-25)18-26-19-28(12-13-29(26)35)36-14-16-37(17-15-36)33(39)41-22-24-6-4-3-5-7-24/h3-13,19-20H,2,14-18,22,35H2,1H3. The number of anilines is 2. The number of hydrogen-bond donors (Lipinski definition) is 1. The fourth-order valence-electron chi connectivity index (χ4n) is 4.89. The maximum absolute atomic E-state index is 12.8. The molecule has 1 aromatic heterocycles. The Labute approximate surface area is 244 Å². The van der Waals surface area contributed by atoms with Gasteiger partial charge in [-0.05, 0) is 66.6 Å². The highest BCUT2D eigenvalue weighted by Crippen LogP contribution is 2.31. The first-order chi connectivity index (χ1) is 20.4. The van der Waals surface area contributed by atoms with Crippen LogP contribution in [0.1, 0.15) is 39.7 Å². The van der Waals surface area contributed by atoms with Crippen LogP contribution in [0.5, 0.6) is 0 Å². The van der Waals surface area contributed by atoms with Crippen molar-refractivity contribution in [3.8, 4) is 17.4 Å². The lowest BCUT2D eigenvalue weighted by molar-refractivity contribution is 0.0489. The number of ether oxygens (including phenoxy) is 2. The van der Waals surface area contributed by atoms with Crippen molar-refractivity contribution < 1.29 is 23.5 Å². The second kappa shape index (κ2) is 13.0. The maximum atomic E-state index is 12.8. The lowest BCUT2D eigenvalue weighted by Gasteiger charge is -2.35. The number of carbonyl (C=O) groups is 2. The quantitative estimate of drug-likeness (QED) is 0.216. The Morgan fingerprint density at radius 2 is 1.67 bits per heavy atom. The summed E-state index contributed by atoms with van der Waals surface area (Å²) in [7, 11) is 0. The number of nitriles is 1. The average Bonchev–Trinajstić information content (AvgIpc) is 3.45. The van der Waals surface area contributed by atoms with Gasteiger partial charge in [-0.25, -0.2) is 9.59 Å². The smallest absolute Gasteiger partial charge is 0.410 e. The summed E-state index contributed by atoms with van der Waals surface area (Å²) >= 11 is 0. The molecule has 2 heterocycles. The number of furan rings is 1. The van der Waals surface area contributed by atoms with Crippen LogP contribution in [0, 0.1) is 11.3 Å². The predicted molar refractivity (Wildman–Crippen MR) is 159 cm³/mol. The summed E-state index contributed by atoms with van der Waals surface area (Å²) in [6.07, 6.45) is 0.0420. The zero-order chi connectivity index (χ0) is 29.5. The fourth-order valence-corrected chi connectivity index (χ4v) is 4.89. The minimum absolute atomic E-state index is 0.128. The van der Waals surface area contributed by atoms with Crippen molar-refractivity contribution in [1.82, 2.24) is 4.90 Å². The number of carbonyl (C=O) groups excluding carboxylic acids is 2. The van der Waals surface area contributed by atoms with Crippen molar-refractivity contribution in [3.05, 3.63) is 107 Å². The summed E-state index contributed by atoms with van der Waals surface area (Å²) < 4.78 is 16.7. The van der Waals surface area contributed by atoms with Crippen LogP contribution in [0.3, 0.4) is 0 Å². The van der Waals surface area contributed by atoms with Gasteiger partial charge in [0.1, 0.15) is 12.4 Å². The minimum Gasteiger partial charge on any atom is -0.460 e. The first kappa shape index (κ1) is 28.3. The van der Waals surface area contributed by atoms with Crippen LogP contribution in [0.2, 0.25) is 0 Å². The molecule has 3 aromatic carbocycles. The molecule has 0 unspecified atom stereocenters. The van der Waals surface area contributed by atoms with E-state index in [1.807, 2.05) is 54.6 Å². The molecule has 1 aliphatic heterocycles. The van der Waals surface area contributed by atoms with Crippen molar-refractivity contribution in [2.24, 2.45) is 0 Å². The molecule has 0 radical (unpaired) electrons. The molecule has 214 valence electrons.